The molecule has 2 saturated heterocycles. The summed E-state index contributed by atoms with van der Waals surface area (Å²) in [6, 6.07) is 25.1. The van der Waals surface area contributed by atoms with Crippen molar-refractivity contribution in [2.24, 2.45) is 16.7 Å². The van der Waals surface area contributed by atoms with Crippen molar-refractivity contribution in [1.82, 2.24) is 0 Å². The first-order valence-corrected chi connectivity index (χ1v) is 10.3. The van der Waals surface area contributed by atoms with Crippen LogP contribution in [-0.4, -0.2) is 12.0 Å². The number of rotatable bonds is 4. The van der Waals surface area contributed by atoms with Gasteiger partial charge in [-0.1, -0.05) is 74.5 Å². The van der Waals surface area contributed by atoms with Gasteiger partial charge in [0.1, 0.15) is 6.10 Å². The zero-order valence-corrected chi connectivity index (χ0v) is 17.4. The summed E-state index contributed by atoms with van der Waals surface area (Å²) in [5.74, 6) is -2.90. The van der Waals surface area contributed by atoms with Gasteiger partial charge in [0.15, 0.2) is 10.8 Å². The van der Waals surface area contributed by atoms with Crippen LogP contribution in [0.1, 0.15) is 37.3 Å². The van der Waals surface area contributed by atoms with Crippen LogP contribution in [0, 0.1) is 56.2 Å². The van der Waals surface area contributed by atoms with Gasteiger partial charge in [-0.3, -0.25) is 5.41 Å². The molecule has 1 N–H and O–H groups in total. The second-order valence-electron chi connectivity index (χ2n) is 8.11. The minimum atomic E-state index is -1.91. The van der Waals surface area contributed by atoms with Crippen molar-refractivity contribution in [1.29, 1.82) is 21.2 Å². The van der Waals surface area contributed by atoms with Gasteiger partial charge >= 0.3 is 0 Å². The Bertz CT molecular complexity index is 1110. The summed E-state index contributed by atoms with van der Waals surface area (Å²) in [6.07, 6.45) is -0.599. The predicted molar refractivity (Wildman–Crippen MR) is 112 cm³/mol. The van der Waals surface area contributed by atoms with E-state index in [1.54, 1.807) is 0 Å². The Labute approximate surface area is 181 Å². The Kier molecular flexibility index (Phi) is 4.81. The van der Waals surface area contributed by atoms with E-state index in [2.05, 4.69) is 18.2 Å². The van der Waals surface area contributed by atoms with Gasteiger partial charge in [0, 0.05) is 11.5 Å². The first kappa shape index (κ1) is 20.6. The van der Waals surface area contributed by atoms with Crippen LogP contribution in [-0.2, 0) is 15.3 Å². The number of ether oxygens (including phenoxy) is 2. The van der Waals surface area contributed by atoms with Crippen LogP contribution in [0.15, 0.2) is 60.7 Å². The zero-order valence-electron chi connectivity index (χ0n) is 17.4. The summed E-state index contributed by atoms with van der Waals surface area (Å²) in [4.78, 5) is 0. The molecule has 2 heterocycles. The number of nitrogens with one attached hydrogen (secondary N) is 1. The quantitative estimate of drug-likeness (QED) is 0.790. The van der Waals surface area contributed by atoms with Crippen molar-refractivity contribution in [2.75, 3.05) is 0 Å². The molecule has 0 spiro atoms. The highest BCUT2D eigenvalue weighted by Gasteiger charge is 2.80. The molecule has 0 amide bonds. The maximum atomic E-state index is 10.4. The van der Waals surface area contributed by atoms with Gasteiger partial charge in [0.05, 0.1) is 24.1 Å². The van der Waals surface area contributed by atoms with Crippen molar-refractivity contribution < 1.29 is 9.47 Å². The minimum absolute atomic E-state index is 0.378. The molecule has 2 bridgehead atoms. The Morgan fingerprint density at radius 1 is 0.968 bits per heavy atom. The van der Waals surface area contributed by atoms with Gasteiger partial charge in [-0.2, -0.15) is 15.8 Å². The van der Waals surface area contributed by atoms with E-state index in [0.717, 1.165) is 5.56 Å². The first-order chi connectivity index (χ1) is 15.0. The second-order valence-corrected chi connectivity index (χ2v) is 8.11. The average Bonchev–Trinajstić information content (AvgIpc) is 3.03. The zero-order chi connectivity index (χ0) is 22.3. The molecule has 154 valence electrons. The smallest absolute Gasteiger partial charge is 0.244 e. The second kappa shape index (κ2) is 7.24. The molecule has 2 fully saturated rings. The molecule has 0 radical (unpaired) electrons. The van der Waals surface area contributed by atoms with Crippen LogP contribution in [0.25, 0.3) is 0 Å². The molecule has 2 aliphatic heterocycles. The topological polar surface area (TPSA) is 114 Å². The van der Waals surface area contributed by atoms with E-state index < -0.39 is 34.6 Å². The fourth-order valence-corrected chi connectivity index (χ4v) is 5.34. The number of fused-ring (bicyclic) bond motifs is 2. The van der Waals surface area contributed by atoms with Crippen LogP contribution >= 0.6 is 0 Å². The van der Waals surface area contributed by atoms with Gasteiger partial charge in [0.25, 0.3) is 0 Å². The van der Waals surface area contributed by atoms with E-state index in [1.165, 1.54) is 0 Å². The van der Waals surface area contributed by atoms with Crippen LogP contribution in [0.2, 0.25) is 0 Å². The predicted octanol–water partition coefficient (Wildman–Crippen LogP) is 4.62. The molecule has 2 aromatic carbocycles. The van der Waals surface area contributed by atoms with Gasteiger partial charge < -0.3 is 9.47 Å². The highest BCUT2D eigenvalue weighted by atomic mass is 16.7. The van der Waals surface area contributed by atoms with Crippen molar-refractivity contribution in [3.8, 4) is 18.2 Å². The Morgan fingerprint density at radius 3 is 2.06 bits per heavy atom. The van der Waals surface area contributed by atoms with E-state index in [0.29, 0.717) is 12.0 Å². The number of hydrogen-bond acceptors (Lipinski definition) is 6. The monoisotopic (exact) mass is 410 g/mol. The number of hydrogen-bond donors (Lipinski definition) is 1. The van der Waals surface area contributed by atoms with Gasteiger partial charge in [-0.25, -0.2) is 0 Å². The molecule has 0 saturated carbocycles. The van der Waals surface area contributed by atoms with Gasteiger partial charge in [-0.05, 0) is 12.0 Å². The first-order valence-electron chi connectivity index (χ1n) is 10.3. The molecule has 2 aliphatic rings. The molecular formula is C25H22N4O2. The standard InChI is InChI=1S/C25H22N4O2/c1-3-20-24(16-28)22(29)31-25(20,19-12-8-5-9-13-19)30-21(23(24,14-26)15-27)17(2)18-10-6-4-7-11-18/h4-13,17,20-21,29H,3H2,1-2H3. The molecule has 0 aromatic heterocycles. The number of nitrogens with zero attached hydrogens (tertiary/aromatic N) is 3. The lowest BCUT2D eigenvalue weighted by molar-refractivity contribution is -0.293. The highest BCUT2D eigenvalue weighted by molar-refractivity contribution is 5.89. The van der Waals surface area contributed by atoms with Crippen LogP contribution in [0.4, 0.5) is 0 Å². The lowest BCUT2D eigenvalue weighted by Gasteiger charge is -2.51. The van der Waals surface area contributed by atoms with E-state index in [-0.39, 0.29) is 5.90 Å². The maximum absolute atomic E-state index is 10.4. The van der Waals surface area contributed by atoms with Gasteiger partial charge in [-0.15, -0.1) is 0 Å². The third-order valence-corrected chi connectivity index (χ3v) is 6.84. The van der Waals surface area contributed by atoms with Crippen molar-refractivity contribution in [2.45, 2.75) is 38.1 Å². The lowest BCUT2D eigenvalue weighted by atomic mass is 9.51. The molecule has 4 rings (SSSR count). The maximum Gasteiger partial charge on any atom is 0.244 e. The highest BCUT2D eigenvalue weighted by Crippen LogP contribution is 2.67. The molecule has 5 unspecified atom stereocenters. The van der Waals surface area contributed by atoms with E-state index in [1.807, 2.05) is 74.5 Å². The molecule has 5 atom stereocenters. The molecule has 2 aromatic rings. The van der Waals surface area contributed by atoms with E-state index in [4.69, 9.17) is 14.9 Å². The van der Waals surface area contributed by atoms with Crippen LogP contribution < -0.4 is 0 Å². The largest absolute Gasteiger partial charge is 0.443 e. The van der Waals surface area contributed by atoms with Gasteiger partial charge in [0.2, 0.25) is 11.7 Å². The van der Waals surface area contributed by atoms with Crippen molar-refractivity contribution >= 4 is 5.90 Å². The Balaban J connectivity index is 2.02. The summed E-state index contributed by atoms with van der Waals surface area (Å²) in [5.41, 5.74) is -2.13. The fraction of sp³-hybridized carbons (Fsp3) is 0.360. The van der Waals surface area contributed by atoms with Crippen molar-refractivity contribution in [3.05, 3.63) is 71.8 Å². The third-order valence-electron chi connectivity index (χ3n) is 6.84. The molecule has 0 aliphatic carbocycles. The SMILES string of the molecule is CCC1C2(c3ccccc3)OC(=N)C1(C#N)C(C#N)(C#N)C(C(C)c1ccccc1)O2. The molecule has 6 heteroatoms. The Hall–Kier alpha value is -3.66. The Morgan fingerprint density at radius 2 is 1.55 bits per heavy atom. The molecular weight excluding hydrogens is 388 g/mol. The van der Waals surface area contributed by atoms with E-state index >= 15 is 0 Å². The van der Waals surface area contributed by atoms with E-state index in [9.17, 15) is 15.8 Å². The minimum Gasteiger partial charge on any atom is -0.443 e. The normalized spacial score (nSPS) is 31.5. The summed E-state index contributed by atoms with van der Waals surface area (Å²) in [5, 5.41) is 39.9. The molecule has 31 heavy (non-hydrogen) atoms. The molecule has 6 nitrogen and oxygen atoms in total. The van der Waals surface area contributed by atoms with Crippen LogP contribution in [0.5, 0.6) is 0 Å². The summed E-state index contributed by atoms with van der Waals surface area (Å²) < 4.78 is 12.7. The number of benzene rings is 2. The fourth-order valence-electron chi connectivity index (χ4n) is 5.34. The summed E-state index contributed by atoms with van der Waals surface area (Å²) in [7, 11) is 0. The summed E-state index contributed by atoms with van der Waals surface area (Å²) >= 11 is 0. The average molecular weight is 410 g/mol. The van der Waals surface area contributed by atoms with Crippen molar-refractivity contribution in [3.63, 3.8) is 0 Å². The third kappa shape index (κ3) is 2.42. The van der Waals surface area contributed by atoms with Crippen LogP contribution in [0.3, 0.4) is 0 Å². The summed E-state index contributed by atoms with van der Waals surface area (Å²) in [6.45, 7) is 3.74. The lowest BCUT2D eigenvalue weighted by Crippen LogP contribution is -2.62. The number of nitriles is 3.